The minimum Gasteiger partial charge on any atom is -0.394 e. The van der Waals surface area contributed by atoms with Crippen molar-refractivity contribution in [1.82, 2.24) is 5.32 Å². The summed E-state index contributed by atoms with van der Waals surface area (Å²) in [4.78, 5) is 13.7. The van der Waals surface area contributed by atoms with E-state index in [-0.39, 0.29) is 12.8 Å². The van der Waals surface area contributed by atoms with Crippen molar-refractivity contribution in [3.05, 3.63) is 0 Å². The van der Waals surface area contributed by atoms with Gasteiger partial charge in [0, 0.05) is 0 Å². The number of hydrogen-bond donors (Lipinski definition) is 18. The highest BCUT2D eigenvalue weighted by atomic mass is 16.8. The van der Waals surface area contributed by atoms with Crippen LogP contribution in [0.15, 0.2) is 0 Å². The summed E-state index contributed by atoms with van der Waals surface area (Å²) in [5.41, 5.74) is 0. The normalized spacial score (nSPS) is 35.1. The third-order valence-corrected chi connectivity index (χ3v) is 21.1. The van der Waals surface area contributed by atoms with Crippen LogP contribution < -0.4 is 5.32 Å². The molecule has 0 saturated carbocycles. The molecule has 0 aromatic carbocycles. The van der Waals surface area contributed by atoms with E-state index in [1.165, 1.54) is 142 Å². The minimum atomic E-state index is -2.21. The lowest BCUT2D eigenvalue weighted by Crippen LogP contribution is -2.67. The molecular formula is C73H137NO28. The quantitative estimate of drug-likeness (QED) is 0.0388. The van der Waals surface area contributed by atoms with Gasteiger partial charge in [0.05, 0.1) is 50.8 Å². The molecule has 29 nitrogen and oxygen atoms in total. The SMILES string of the molecule is CCCCCCCCCCCCCCCCCCCCCC[C@@H](O)C(=O)N[C@@H](CO[C@@H]1O[C@H](CO)[C@@H](O[C@@H]2O[C@H](CO[C@@H]3O[C@H]([C@@H](C)O)[C@@H](O)[C@@H]3O)[C@H](O[C@H]3O[C@H](CO[C@@H]4O[C@H]([C@@H](C)O)[C@@H](O)[C@@H]4O)[C@H](O)[C@H](O)[C@H]3O)[C@H](O)[C@H]2O)[C@H](O)[C@H]1O)[C@H](O)[C@H](O)CCCCCCCCCCCC(C)CC. The highest BCUT2D eigenvalue weighted by molar-refractivity contribution is 5.80. The van der Waals surface area contributed by atoms with Gasteiger partial charge >= 0.3 is 0 Å². The molecule has 5 fully saturated rings. The Morgan fingerprint density at radius 3 is 1.16 bits per heavy atom. The maximum Gasteiger partial charge on any atom is 0.249 e. The van der Waals surface area contributed by atoms with E-state index in [9.17, 15) is 91.6 Å². The predicted octanol–water partition coefficient (Wildman–Crippen LogP) is 2.27. The van der Waals surface area contributed by atoms with E-state index in [1.807, 2.05) is 0 Å². The Morgan fingerprint density at radius 1 is 0.382 bits per heavy atom. The van der Waals surface area contributed by atoms with Gasteiger partial charge in [-0.05, 0) is 32.6 Å². The second-order valence-electron chi connectivity index (χ2n) is 29.8. The van der Waals surface area contributed by atoms with E-state index < -0.39 is 210 Å². The van der Waals surface area contributed by atoms with E-state index >= 15 is 0 Å². The number of aliphatic hydroxyl groups is 17. The number of amides is 1. The van der Waals surface area contributed by atoms with Gasteiger partial charge in [-0.25, -0.2) is 0 Å². The van der Waals surface area contributed by atoms with Crippen molar-refractivity contribution < 1.29 is 139 Å². The number of nitrogens with one attached hydrogen (secondary N) is 1. The average molecular weight is 1480 g/mol. The predicted molar refractivity (Wildman–Crippen MR) is 370 cm³/mol. The summed E-state index contributed by atoms with van der Waals surface area (Å²) in [5.74, 6) is -0.0911. The van der Waals surface area contributed by atoms with Crippen LogP contribution in [0, 0.1) is 5.92 Å². The number of rotatable bonds is 54. The summed E-state index contributed by atoms with van der Waals surface area (Å²) in [6, 6.07) is -1.40. The molecule has 5 heterocycles. The number of unbranched alkanes of at least 4 members (excludes halogenated alkanes) is 27. The van der Waals surface area contributed by atoms with Crippen molar-refractivity contribution >= 4 is 5.91 Å². The van der Waals surface area contributed by atoms with Gasteiger partial charge in [-0.2, -0.15) is 0 Å². The maximum atomic E-state index is 13.7. The van der Waals surface area contributed by atoms with E-state index in [2.05, 4.69) is 26.1 Å². The van der Waals surface area contributed by atoms with Gasteiger partial charge in [0.2, 0.25) is 5.91 Å². The fraction of sp³-hybridized carbons (Fsp3) is 0.986. The Hall–Kier alpha value is -1.61. The maximum absolute atomic E-state index is 13.7. The lowest BCUT2D eigenvalue weighted by atomic mass is 9.96. The molecule has 102 heavy (non-hydrogen) atoms. The molecule has 1 unspecified atom stereocenters. The van der Waals surface area contributed by atoms with Crippen LogP contribution in [-0.4, -0.2) is 297 Å². The molecular weight excluding hydrogens is 1340 g/mol. The molecule has 0 aromatic rings. The van der Waals surface area contributed by atoms with Crippen molar-refractivity contribution in [2.45, 2.75) is 424 Å². The largest absolute Gasteiger partial charge is 0.394 e. The molecule has 0 aromatic heterocycles. The summed E-state index contributed by atoms with van der Waals surface area (Å²) < 4.78 is 58.0. The second-order valence-corrected chi connectivity index (χ2v) is 29.8. The number of carbonyl (C=O) groups excluding carboxylic acids is 1. The van der Waals surface area contributed by atoms with Crippen molar-refractivity contribution in [3.8, 4) is 0 Å². The first kappa shape index (κ1) is 91.0. The first-order chi connectivity index (χ1) is 48.9. The van der Waals surface area contributed by atoms with Crippen molar-refractivity contribution in [2.24, 2.45) is 5.92 Å². The van der Waals surface area contributed by atoms with Crippen LogP contribution in [0.4, 0.5) is 0 Å². The zero-order valence-electron chi connectivity index (χ0n) is 61.6. The fourth-order valence-electron chi connectivity index (χ4n) is 14.1. The Labute approximate surface area is 604 Å². The van der Waals surface area contributed by atoms with Crippen LogP contribution in [-0.2, 0) is 52.2 Å². The molecule has 0 aliphatic carbocycles. The van der Waals surface area contributed by atoms with Crippen LogP contribution in [0.5, 0.6) is 0 Å². The molecule has 5 saturated heterocycles. The molecule has 0 radical (unpaired) electrons. The summed E-state index contributed by atoms with van der Waals surface area (Å²) in [6.45, 7) is 6.21. The lowest BCUT2D eigenvalue weighted by molar-refractivity contribution is -0.383. The molecule has 5 aliphatic heterocycles. The number of hydrogen-bond acceptors (Lipinski definition) is 28. The van der Waals surface area contributed by atoms with Crippen LogP contribution >= 0.6 is 0 Å². The second kappa shape index (κ2) is 49.5. The molecule has 602 valence electrons. The molecule has 29 heteroatoms. The highest BCUT2D eigenvalue weighted by Crippen LogP contribution is 2.36. The van der Waals surface area contributed by atoms with Crippen LogP contribution in [0.25, 0.3) is 0 Å². The van der Waals surface area contributed by atoms with Crippen LogP contribution in [0.2, 0.25) is 0 Å². The molecule has 1 amide bonds. The summed E-state index contributed by atoms with van der Waals surface area (Å²) in [7, 11) is 0. The number of ether oxygens (including phenoxy) is 10. The van der Waals surface area contributed by atoms with Gasteiger partial charge in [-0.15, -0.1) is 0 Å². The van der Waals surface area contributed by atoms with Crippen molar-refractivity contribution in [3.63, 3.8) is 0 Å². The monoisotopic (exact) mass is 1480 g/mol. The van der Waals surface area contributed by atoms with Gasteiger partial charge in [-0.1, -0.05) is 220 Å². The smallest absolute Gasteiger partial charge is 0.249 e. The molecule has 0 bridgehead atoms. The molecule has 18 N–H and O–H groups in total. The Morgan fingerprint density at radius 2 is 0.735 bits per heavy atom. The number of carbonyl (C=O) groups is 1. The third kappa shape index (κ3) is 29.7. The van der Waals surface area contributed by atoms with Crippen LogP contribution in [0.1, 0.15) is 247 Å². The highest BCUT2D eigenvalue weighted by Gasteiger charge is 2.56. The van der Waals surface area contributed by atoms with Gasteiger partial charge in [0.25, 0.3) is 0 Å². The van der Waals surface area contributed by atoms with E-state index in [1.54, 1.807) is 0 Å². The number of aliphatic hydroxyl groups excluding tert-OH is 17. The third-order valence-electron chi connectivity index (χ3n) is 21.1. The van der Waals surface area contributed by atoms with E-state index in [0.29, 0.717) is 12.8 Å². The van der Waals surface area contributed by atoms with Crippen LogP contribution in [0.3, 0.4) is 0 Å². The standard InChI is InChI=1S/C73H137NO28/c1-6-8-9-10-11-12-13-14-15-16-17-18-19-20-21-22-25-29-32-35-38-48(79)68(92)74-46(52(80)47(78)37-34-31-28-26-23-24-27-30-33-36-43(3)7-2)40-93-69-62(90)57(85)66(49(39-75)96-69)101-73-63(91)58(86)67(51(98-73)42-95-71-61(89)56(84)65(100-71)45(5)77)102-72-59(87)54(82)53(81)50(97-72)41-94-70-60(88)55(83)64(99-70)44(4)76/h43-67,69-73,75-91H,6-42H2,1-5H3,(H,74,92)/t43?,44-,45-,46+,47-,48-,49-,50-,51-,52+,53+,54+,55+,56+,57-,58-,59-,60+,61+,62-,63-,64-,65-,66-,67+,69-,70-,71-,72-,73+/m1/s1. The molecule has 5 rings (SSSR count). The summed E-state index contributed by atoms with van der Waals surface area (Å²) >= 11 is 0. The van der Waals surface area contributed by atoms with E-state index in [0.717, 1.165) is 63.7 Å². The average Bonchev–Trinajstić information content (AvgIpc) is 0.971. The van der Waals surface area contributed by atoms with Gasteiger partial charge in [0.1, 0.15) is 122 Å². The topological polar surface area (TPSA) is 465 Å². The van der Waals surface area contributed by atoms with Gasteiger partial charge in [0.15, 0.2) is 31.5 Å². The fourth-order valence-corrected chi connectivity index (χ4v) is 14.1. The van der Waals surface area contributed by atoms with Crippen molar-refractivity contribution in [1.29, 1.82) is 0 Å². The van der Waals surface area contributed by atoms with Gasteiger partial charge in [-0.3, -0.25) is 4.79 Å². The first-order valence-corrected chi connectivity index (χ1v) is 39.1. The summed E-state index contributed by atoms with van der Waals surface area (Å²) in [6.07, 6.45) is -12.7. The van der Waals surface area contributed by atoms with Crippen molar-refractivity contribution in [2.75, 3.05) is 26.4 Å². The Balaban J connectivity index is 1.18. The Bertz CT molecular complexity index is 2150. The zero-order valence-corrected chi connectivity index (χ0v) is 61.6. The zero-order chi connectivity index (χ0) is 74.8. The molecule has 30 atom stereocenters. The lowest BCUT2D eigenvalue weighted by Gasteiger charge is -2.48. The molecule has 0 spiro atoms. The Kier molecular flexibility index (Phi) is 44.2. The van der Waals surface area contributed by atoms with E-state index in [4.69, 9.17) is 47.4 Å². The molecule has 5 aliphatic rings. The van der Waals surface area contributed by atoms with Gasteiger partial charge < -0.3 is 139 Å². The minimum absolute atomic E-state index is 0.129. The first-order valence-electron chi connectivity index (χ1n) is 39.1. The summed E-state index contributed by atoms with van der Waals surface area (Å²) in [5, 5.41) is 190.